The van der Waals surface area contributed by atoms with Crippen LogP contribution >= 0.6 is 0 Å². The van der Waals surface area contributed by atoms with Crippen LogP contribution in [0.2, 0.25) is 59.4 Å². The molecule has 0 aromatic carbocycles. The summed E-state index contributed by atoms with van der Waals surface area (Å²) in [7, 11) is -9.26. The van der Waals surface area contributed by atoms with Crippen molar-refractivity contribution in [3.63, 3.8) is 0 Å². The molecule has 0 aromatic rings. The molecule has 2 aliphatic rings. The average molecular weight is 517 g/mol. The van der Waals surface area contributed by atoms with Crippen LogP contribution in [0.25, 0.3) is 0 Å². The van der Waals surface area contributed by atoms with E-state index in [4.69, 9.17) is 0 Å². The average Bonchev–Trinajstić information content (AvgIpc) is 2.24. The second-order valence-electron chi connectivity index (χ2n) is 16.4. The van der Waals surface area contributed by atoms with E-state index in [2.05, 4.69) is 139 Å². The van der Waals surface area contributed by atoms with Crippen LogP contribution in [0.1, 0.15) is 83.1 Å². The van der Waals surface area contributed by atoms with Gasteiger partial charge in [-0.05, 0) is 20.2 Å². The molecule has 0 amide bonds. The fourth-order valence-corrected chi connectivity index (χ4v) is 61.9. The normalized spacial score (nSPS) is 25.4. The lowest BCUT2D eigenvalue weighted by atomic mass is 10.2. The number of nitrogens with one attached hydrogen (secondary N) is 2. The standard InChI is InChI=1S/C22H56N4Si5/c1-19(2,3)29(20(4,5)6)23-31(25(29)27(13,14)15)24-30(21(7,8)9,22(10,11)12)26(31)28(16,17)18/h23-24H,1-18H3. The molecule has 2 aliphatic heterocycles. The lowest BCUT2D eigenvalue weighted by Crippen LogP contribution is -3.19. The second-order valence-corrected chi connectivity index (χ2v) is 42.6. The third-order valence-electron chi connectivity index (χ3n) is 7.71. The van der Waals surface area contributed by atoms with Crippen molar-refractivity contribution in [1.29, 1.82) is 0 Å². The minimum Gasteiger partial charge on any atom is -0.320 e. The van der Waals surface area contributed by atoms with Gasteiger partial charge in [0.1, 0.15) is 16.5 Å². The van der Waals surface area contributed by atoms with E-state index < -0.39 is 42.0 Å². The Kier molecular flexibility index (Phi) is 6.35. The van der Waals surface area contributed by atoms with Gasteiger partial charge in [0.15, 0.2) is 0 Å². The van der Waals surface area contributed by atoms with Crippen LogP contribution in [-0.2, 0) is 0 Å². The summed E-state index contributed by atoms with van der Waals surface area (Å²) in [6, 6.07) is 0. The van der Waals surface area contributed by atoms with Crippen molar-refractivity contribution in [3.05, 3.63) is 0 Å². The van der Waals surface area contributed by atoms with E-state index in [1.165, 1.54) is 0 Å². The third-order valence-corrected chi connectivity index (χ3v) is 43.4. The molecule has 31 heavy (non-hydrogen) atoms. The minimum atomic E-state index is -2.12. The summed E-state index contributed by atoms with van der Waals surface area (Å²) in [5, 5.41) is 1.11. The lowest BCUT2D eigenvalue weighted by Gasteiger charge is -2.87. The van der Waals surface area contributed by atoms with E-state index in [1.807, 2.05) is 0 Å². The van der Waals surface area contributed by atoms with Crippen molar-refractivity contribution in [2.24, 2.45) is 0 Å². The maximum Gasteiger partial charge on any atom is 0.334 e. The molecule has 2 fully saturated rings. The molecule has 1 spiro atoms. The number of hydrogen-bond donors (Lipinski definition) is 2. The van der Waals surface area contributed by atoms with Crippen LogP contribution < -0.4 is 9.30 Å². The molecule has 2 saturated heterocycles. The maximum absolute atomic E-state index is 4.62. The quantitative estimate of drug-likeness (QED) is 0.387. The van der Waals surface area contributed by atoms with Crippen molar-refractivity contribution in [3.8, 4) is 0 Å². The molecule has 0 unspecified atom stereocenters. The van der Waals surface area contributed by atoms with E-state index in [1.54, 1.807) is 0 Å². The van der Waals surface area contributed by atoms with Gasteiger partial charge < -0.3 is 17.1 Å². The second kappa shape index (κ2) is 6.99. The molecule has 0 saturated carbocycles. The first-order chi connectivity index (χ1) is 13.1. The van der Waals surface area contributed by atoms with E-state index in [-0.39, 0.29) is 20.2 Å². The van der Waals surface area contributed by atoms with Crippen LogP contribution in [0.4, 0.5) is 0 Å². The monoisotopic (exact) mass is 516 g/mol. The first-order valence-corrected chi connectivity index (χ1v) is 25.0. The summed E-state index contributed by atoms with van der Waals surface area (Å²) in [6.45, 7) is 45.9. The van der Waals surface area contributed by atoms with Gasteiger partial charge in [-0.2, -0.15) is 0 Å². The smallest absolute Gasteiger partial charge is 0.320 e. The van der Waals surface area contributed by atoms with Crippen molar-refractivity contribution in [2.45, 2.75) is 143 Å². The van der Waals surface area contributed by atoms with Gasteiger partial charge in [-0.3, -0.25) is 0 Å². The highest BCUT2D eigenvalue weighted by Crippen LogP contribution is 2.65. The molecule has 0 radical (unpaired) electrons. The molecule has 0 aliphatic carbocycles. The van der Waals surface area contributed by atoms with Crippen molar-refractivity contribution >= 4 is 42.0 Å². The van der Waals surface area contributed by atoms with Gasteiger partial charge >= 0.3 is 8.72 Å². The molecule has 0 bridgehead atoms. The first-order valence-electron chi connectivity index (χ1n) is 12.3. The van der Waals surface area contributed by atoms with Crippen LogP contribution in [0.5, 0.6) is 0 Å². The summed E-state index contributed by atoms with van der Waals surface area (Å²) in [4.78, 5) is 0. The van der Waals surface area contributed by atoms with Crippen molar-refractivity contribution in [1.82, 2.24) is 17.1 Å². The minimum absolute atomic E-state index is 0.278. The fraction of sp³-hybridized carbons (Fsp3) is 1.00. The maximum atomic E-state index is 4.62. The molecule has 2 heterocycles. The summed E-state index contributed by atoms with van der Waals surface area (Å²) < 4.78 is 15.8. The Hall–Kier alpha value is 0.924. The van der Waals surface area contributed by atoms with Crippen LogP contribution in [0, 0.1) is 0 Å². The summed E-state index contributed by atoms with van der Waals surface area (Å²) in [6.07, 6.45) is 0. The van der Waals surface area contributed by atoms with E-state index in [0.717, 1.165) is 0 Å². The van der Waals surface area contributed by atoms with Gasteiger partial charge in [-0.25, -0.2) is 0 Å². The molecule has 4 nitrogen and oxygen atoms in total. The largest absolute Gasteiger partial charge is 0.334 e. The predicted octanol–water partition coefficient (Wildman–Crippen LogP) is 6.99. The van der Waals surface area contributed by atoms with E-state index >= 15 is 0 Å². The molecule has 184 valence electrons. The zero-order valence-electron chi connectivity index (χ0n) is 24.4. The Morgan fingerprint density at radius 3 is 0.774 bits per heavy atom. The predicted molar refractivity (Wildman–Crippen MR) is 153 cm³/mol. The Balaban J connectivity index is 2.86. The zero-order chi connectivity index (χ0) is 25.1. The summed E-state index contributed by atoms with van der Waals surface area (Å²) in [5.74, 6) is 0. The van der Waals surface area contributed by atoms with Gasteiger partial charge in [0.25, 0.3) is 0 Å². The van der Waals surface area contributed by atoms with Crippen LogP contribution in [-0.4, -0.2) is 49.8 Å². The lowest BCUT2D eigenvalue weighted by molar-refractivity contribution is 0.410. The first kappa shape index (κ1) is 28.2. The number of rotatable bonds is 2. The number of nitrogens with zero attached hydrogens (tertiary/aromatic N) is 2. The van der Waals surface area contributed by atoms with E-state index in [9.17, 15) is 0 Å². The molecule has 0 atom stereocenters. The molecule has 9 heteroatoms. The van der Waals surface area contributed by atoms with Gasteiger partial charge in [0.2, 0.25) is 16.8 Å². The zero-order valence-corrected chi connectivity index (χ0v) is 29.4. The van der Waals surface area contributed by atoms with Gasteiger partial charge in [-0.15, -0.1) is 0 Å². The third kappa shape index (κ3) is 3.59. The van der Waals surface area contributed by atoms with Gasteiger partial charge in [0.05, 0.1) is 0 Å². The Bertz CT molecular complexity index is 621. The molecule has 2 N–H and O–H groups in total. The van der Waals surface area contributed by atoms with Crippen LogP contribution in [0.3, 0.4) is 0 Å². The highest BCUT2D eigenvalue weighted by atomic mass is 28.6. The summed E-state index contributed by atoms with van der Waals surface area (Å²) in [5.41, 5.74) is 0. The SMILES string of the molecule is CC(C)(C)[Si]1(C(C)(C)C)N[Si]2(N[Si](C(C)(C)C)(C(C)(C)C)N2[Si](C)(C)C)N1[Si](C)(C)C. The molecule has 0 aromatic heterocycles. The van der Waals surface area contributed by atoms with Gasteiger partial charge in [-0.1, -0.05) is 122 Å². The Labute approximate surface area is 201 Å². The van der Waals surface area contributed by atoms with Crippen molar-refractivity contribution in [2.75, 3.05) is 0 Å². The fourth-order valence-electron chi connectivity index (χ4n) is 7.67. The topological polar surface area (TPSA) is 30.5 Å². The molecule has 2 rings (SSSR count). The Morgan fingerprint density at radius 2 is 0.645 bits per heavy atom. The highest BCUT2D eigenvalue weighted by molar-refractivity contribution is 7.28. The van der Waals surface area contributed by atoms with Gasteiger partial charge in [0, 0.05) is 0 Å². The highest BCUT2D eigenvalue weighted by Gasteiger charge is 2.87. The molecular weight excluding hydrogens is 461 g/mol. The summed E-state index contributed by atoms with van der Waals surface area (Å²) >= 11 is 0. The van der Waals surface area contributed by atoms with E-state index in [0.29, 0.717) is 0 Å². The Morgan fingerprint density at radius 1 is 0.452 bits per heavy atom. The number of hydrogen-bond acceptors (Lipinski definition) is 4. The molecular formula is C22H56N4Si5. The van der Waals surface area contributed by atoms with Crippen LogP contribution in [0.15, 0.2) is 0 Å². The van der Waals surface area contributed by atoms with Crippen molar-refractivity contribution < 1.29 is 0 Å².